The third-order valence-electron chi connectivity index (χ3n) is 4.15. The zero-order valence-electron chi connectivity index (χ0n) is 15.4. The Hall–Kier alpha value is -2.74. The molecule has 0 spiro atoms. The van der Waals surface area contributed by atoms with Gasteiger partial charge in [0.25, 0.3) is 0 Å². The normalized spacial score (nSPS) is 11.7. The van der Waals surface area contributed by atoms with E-state index in [9.17, 15) is 18.0 Å². The zero-order valence-corrected chi connectivity index (χ0v) is 16.2. The fraction of sp³-hybridized carbons (Fsp3) is 0.250. The first kappa shape index (κ1) is 20.0. The molecule has 1 aromatic carbocycles. The van der Waals surface area contributed by atoms with Gasteiger partial charge in [-0.05, 0) is 23.8 Å². The molecule has 0 unspecified atom stereocenters. The summed E-state index contributed by atoms with van der Waals surface area (Å²) >= 11 is 1.16. The number of benzene rings is 1. The molecule has 2 aromatic heterocycles. The molecule has 4 nitrogen and oxygen atoms in total. The monoisotopic (exact) mass is 406 g/mol. The van der Waals surface area contributed by atoms with Crippen molar-refractivity contribution in [3.05, 3.63) is 53.4 Å². The van der Waals surface area contributed by atoms with E-state index >= 15 is 0 Å². The Bertz CT molecular complexity index is 1010. The van der Waals surface area contributed by atoms with Crippen LogP contribution in [-0.2, 0) is 6.18 Å². The Balaban J connectivity index is 2.16. The zero-order chi connectivity index (χ0) is 20.5. The highest BCUT2D eigenvalue weighted by Gasteiger charge is 2.35. The third kappa shape index (κ3) is 3.91. The van der Waals surface area contributed by atoms with Crippen molar-refractivity contribution >= 4 is 17.1 Å². The van der Waals surface area contributed by atoms with Crippen LogP contribution >= 0.6 is 11.3 Å². The Morgan fingerprint density at radius 2 is 1.86 bits per heavy atom. The second-order valence-corrected chi connectivity index (χ2v) is 7.41. The van der Waals surface area contributed by atoms with Crippen LogP contribution in [0.15, 0.2) is 42.9 Å². The van der Waals surface area contributed by atoms with E-state index in [1.807, 2.05) is 0 Å². The van der Waals surface area contributed by atoms with Crippen LogP contribution in [0.2, 0.25) is 0 Å². The van der Waals surface area contributed by atoms with Gasteiger partial charge in [0.2, 0.25) is 0 Å². The number of rotatable bonds is 5. The van der Waals surface area contributed by atoms with Crippen LogP contribution in [0.3, 0.4) is 0 Å². The number of aromatic nitrogens is 2. The van der Waals surface area contributed by atoms with Crippen molar-refractivity contribution in [3.8, 4) is 27.3 Å². The maximum Gasteiger partial charge on any atom is 0.417 e. The van der Waals surface area contributed by atoms with Crippen molar-refractivity contribution in [1.29, 1.82) is 0 Å². The molecule has 0 atom stereocenters. The molecule has 146 valence electrons. The number of methoxy groups -OCH3 is 1. The number of carbonyl (C=O) groups excluding carboxylic acids is 1. The molecular formula is C20H17F3N2O2S. The van der Waals surface area contributed by atoms with Crippen LogP contribution in [-0.4, -0.2) is 22.9 Å². The summed E-state index contributed by atoms with van der Waals surface area (Å²) < 4.78 is 45.9. The number of alkyl halides is 3. The Kier molecular flexibility index (Phi) is 5.51. The van der Waals surface area contributed by atoms with E-state index < -0.39 is 11.7 Å². The van der Waals surface area contributed by atoms with Crippen molar-refractivity contribution in [3.63, 3.8) is 0 Å². The minimum absolute atomic E-state index is 0.0125. The first-order chi connectivity index (χ1) is 13.2. The van der Waals surface area contributed by atoms with Crippen molar-refractivity contribution in [2.45, 2.75) is 20.0 Å². The molecular weight excluding hydrogens is 389 g/mol. The first-order valence-electron chi connectivity index (χ1n) is 8.42. The molecule has 8 heteroatoms. The van der Waals surface area contributed by atoms with Crippen LogP contribution in [0, 0.1) is 5.92 Å². The number of Topliss-reactive ketones (excluding diaryl/α,β-unsaturated/α-hetero) is 1. The number of halogens is 3. The van der Waals surface area contributed by atoms with Crippen LogP contribution in [0.25, 0.3) is 21.6 Å². The quantitative estimate of drug-likeness (QED) is 0.507. The summed E-state index contributed by atoms with van der Waals surface area (Å²) in [6.07, 6.45) is -0.172. The number of hydrogen-bond acceptors (Lipinski definition) is 5. The average molecular weight is 406 g/mol. The predicted octanol–water partition coefficient (Wildman–Crippen LogP) is 5.74. The summed E-state index contributed by atoms with van der Waals surface area (Å²) in [5.74, 6) is -0.203. The van der Waals surface area contributed by atoms with Crippen LogP contribution in [0.5, 0.6) is 5.75 Å². The highest BCUT2D eigenvalue weighted by atomic mass is 32.1. The number of ether oxygens (including phenoxy) is 1. The van der Waals surface area contributed by atoms with Crippen molar-refractivity contribution < 1.29 is 22.7 Å². The minimum atomic E-state index is -4.57. The van der Waals surface area contributed by atoms with E-state index in [1.165, 1.54) is 37.8 Å². The van der Waals surface area contributed by atoms with Crippen molar-refractivity contribution in [2.75, 3.05) is 7.11 Å². The summed E-state index contributed by atoms with van der Waals surface area (Å²) in [5.41, 5.74) is 0.0151. The molecule has 0 bridgehead atoms. The van der Waals surface area contributed by atoms with Gasteiger partial charge in [-0.15, -0.1) is 11.3 Å². The maximum absolute atomic E-state index is 13.7. The number of hydrogen-bond donors (Lipinski definition) is 0. The molecule has 0 aliphatic heterocycles. The molecule has 0 aliphatic carbocycles. The third-order valence-corrected chi connectivity index (χ3v) is 5.19. The lowest BCUT2D eigenvalue weighted by Gasteiger charge is -2.16. The fourth-order valence-corrected chi connectivity index (χ4v) is 3.75. The van der Waals surface area contributed by atoms with E-state index in [0.29, 0.717) is 21.0 Å². The van der Waals surface area contributed by atoms with Gasteiger partial charge in [0.05, 0.1) is 17.6 Å². The molecule has 0 saturated heterocycles. The van der Waals surface area contributed by atoms with Gasteiger partial charge in [-0.25, -0.2) is 4.98 Å². The van der Waals surface area contributed by atoms with Gasteiger partial charge in [0.1, 0.15) is 5.75 Å². The molecule has 0 N–H and O–H groups in total. The van der Waals surface area contributed by atoms with Crippen LogP contribution in [0.4, 0.5) is 13.2 Å². The second-order valence-electron chi connectivity index (χ2n) is 6.38. The fourth-order valence-electron chi connectivity index (χ4n) is 2.70. The number of carbonyl (C=O) groups is 1. The van der Waals surface area contributed by atoms with Gasteiger partial charge in [0.15, 0.2) is 10.8 Å². The SMILES string of the molecule is COc1ccc(-c2cnccc2-c2cnc(C(=O)C(C)C)s2)c(C(F)(F)F)c1. The second kappa shape index (κ2) is 7.71. The van der Waals surface area contributed by atoms with Crippen LogP contribution < -0.4 is 4.74 Å². The summed E-state index contributed by atoms with van der Waals surface area (Å²) in [4.78, 5) is 20.9. The summed E-state index contributed by atoms with van der Waals surface area (Å²) in [6.45, 7) is 3.54. The highest BCUT2D eigenvalue weighted by Crippen LogP contribution is 2.42. The molecule has 2 heterocycles. The maximum atomic E-state index is 13.7. The van der Waals surface area contributed by atoms with Gasteiger partial charge >= 0.3 is 6.18 Å². The van der Waals surface area contributed by atoms with Gasteiger partial charge in [-0.3, -0.25) is 9.78 Å². The molecule has 3 aromatic rings. The molecule has 0 amide bonds. The Labute approximate surface area is 164 Å². The summed E-state index contributed by atoms with van der Waals surface area (Å²) in [5, 5.41) is 0.332. The smallest absolute Gasteiger partial charge is 0.417 e. The minimum Gasteiger partial charge on any atom is -0.497 e. The largest absolute Gasteiger partial charge is 0.497 e. The Morgan fingerprint density at radius 3 is 2.50 bits per heavy atom. The van der Waals surface area contributed by atoms with Crippen molar-refractivity contribution in [1.82, 2.24) is 9.97 Å². The van der Waals surface area contributed by atoms with E-state index in [0.717, 1.165) is 17.4 Å². The van der Waals surface area contributed by atoms with E-state index in [4.69, 9.17) is 4.74 Å². The predicted molar refractivity (Wildman–Crippen MR) is 102 cm³/mol. The number of ketones is 1. The average Bonchev–Trinajstić information content (AvgIpc) is 3.16. The lowest BCUT2D eigenvalue weighted by Crippen LogP contribution is -2.08. The highest BCUT2D eigenvalue weighted by molar-refractivity contribution is 7.17. The lowest BCUT2D eigenvalue weighted by atomic mass is 9.96. The standard InChI is InChI=1S/C20H17F3N2O2S/c1-11(2)18(26)19-25-10-17(28-19)14-6-7-24-9-15(14)13-5-4-12(27-3)8-16(13)20(21,22)23/h4-11H,1-3H3. The summed E-state index contributed by atoms with van der Waals surface area (Å²) in [6, 6.07) is 5.43. The number of pyridine rings is 1. The van der Waals surface area contributed by atoms with E-state index in [1.54, 1.807) is 19.9 Å². The topological polar surface area (TPSA) is 52.1 Å². The van der Waals surface area contributed by atoms with Gasteiger partial charge in [-0.2, -0.15) is 13.2 Å². The van der Waals surface area contributed by atoms with E-state index in [2.05, 4.69) is 9.97 Å². The number of nitrogens with zero attached hydrogens (tertiary/aromatic N) is 2. The van der Waals surface area contributed by atoms with E-state index in [-0.39, 0.29) is 23.0 Å². The lowest BCUT2D eigenvalue weighted by molar-refractivity contribution is -0.137. The number of thiazole rings is 1. The van der Waals surface area contributed by atoms with Crippen molar-refractivity contribution in [2.24, 2.45) is 5.92 Å². The molecule has 0 radical (unpaired) electrons. The molecule has 0 saturated carbocycles. The summed E-state index contributed by atoms with van der Waals surface area (Å²) in [7, 11) is 1.31. The molecule has 28 heavy (non-hydrogen) atoms. The Morgan fingerprint density at radius 1 is 1.11 bits per heavy atom. The van der Waals surface area contributed by atoms with Gasteiger partial charge < -0.3 is 4.74 Å². The molecule has 0 aliphatic rings. The van der Waals surface area contributed by atoms with Gasteiger partial charge in [0, 0.05) is 35.6 Å². The molecule has 0 fully saturated rings. The van der Waals surface area contributed by atoms with Crippen LogP contribution in [0.1, 0.15) is 29.2 Å². The van der Waals surface area contributed by atoms with Gasteiger partial charge in [-0.1, -0.05) is 19.9 Å². The first-order valence-corrected chi connectivity index (χ1v) is 9.24. The molecule has 3 rings (SSSR count).